The van der Waals surface area contributed by atoms with Crippen molar-refractivity contribution >= 4 is 35.8 Å². The van der Waals surface area contributed by atoms with Crippen LogP contribution in [0.2, 0.25) is 0 Å². The zero-order valence-electron chi connectivity index (χ0n) is 16.4. The average Bonchev–Trinajstić information content (AvgIpc) is 2.45. The molecular formula is C12H16Na2O13. The van der Waals surface area contributed by atoms with E-state index in [-0.39, 0.29) is 62.0 Å². The Balaban J connectivity index is -0.000000480. The Morgan fingerprint density at radius 3 is 1.26 bits per heavy atom. The number of carbonyl (C=O) groups is 6. The summed E-state index contributed by atoms with van der Waals surface area (Å²) < 4.78 is 7.99. The maximum absolute atomic E-state index is 11.3. The molecule has 0 aliphatic rings. The van der Waals surface area contributed by atoms with Crippen LogP contribution in [0.15, 0.2) is 0 Å². The third kappa shape index (κ3) is 13.8. The van der Waals surface area contributed by atoms with Gasteiger partial charge in [-0.25, -0.2) is 14.4 Å². The van der Waals surface area contributed by atoms with Gasteiger partial charge in [0.25, 0.3) is 0 Å². The molecule has 0 radical (unpaired) electrons. The van der Waals surface area contributed by atoms with Crippen LogP contribution < -0.4 is 59.1 Å². The molecule has 0 aromatic carbocycles. The number of ether oxygens (including phenoxy) is 2. The van der Waals surface area contributed by atoms with Gasteiger partial charge in [-0.2, -0.15) is 0 Å². The second-order valence-electron chi connectivity index (χ2n) is 4.48. The molecule has 0 aliphatic carbocycles. The number of aliphatic hydroxyl groups is 3. The molecule has 0 rings (SSSR count). The summed E-state index contributed by atoms with van der Waals surface area (Å²) in [7, 11) is 0. The van der Waals surface area contributed by atoms with Gasteiger partial charge in [0.1, 0.15) is 0 Å². The number of esters is 4. The number of carboxylic acid groups (broad SMARTS) is 2. The second kappa shape index (κ2) is 15.1. The molecule has 3 unspecified atom stereocenters. The van der Waals surface area contributed by atoms with E-state index in [1.165, 1.54) is 0 Å². The van der Waals surface area contributed by atoms with Crippen molar-refractivity contribution < 1.29 is 126 Å². The monoisotopic (exact) mass is 414 g/mol. The first-order valence-electron chi connectivity index (χ1n) is 6.41. The number of hydrogen-bond donors (Lipinski definition) is 5. The summed E-state index contributed by atoms with van der Waals surface area (Å²) in [6.45, 7) is 0. The molecule has 0 amide bonds. The van der Waals surface area contributed by atoms with Crippen LogP contribution >= 0.6 is 0 Å². The number of rotatable bonds is 9. The van der Waals surface area contributed by atoms with E-state index < -0.39 is 73.4 Å². The van der Waals surface area contributed by atoms with Crippen LogP contribution in [0, 0.1) is 0 Å². The first-order valence-corrected chi connectivity index (χ1v) is 6.41. The molecule has 15 heteroatoms. The molecule has 5 N–H and O–H groups in total. The average molecular weight is 414 g/mol. The molecule has 0 bridgehead atoms. The van der Waals surface area contributed by atoms with Gasteiger partial charge in [-0.3, -0.25) is 14.4 Å². The number of carboxylic acids is 2. The van der Waals surface area contributed by atoms with Crippen LogP contribution in [-0.4, -0.2) is 79.7 Å². The van der Waals surface area contributed by atoms with Crippen molar-refractivity contribution in [1.82, 2.24) is 0 Å². The predicted octanol–water partition coefficient (Wildman–Crippen LogP) is -9.22. The van der Waals surface area contributed by atoms with Crippen molar-refractivity contribution in [3.63, 3.8) is 0 Å². The molecular weight excluding hydrogens is 398 g/mol. The van der Waals surface area contributed by atoms with Gasteiger partial charge in [0.15, 0.2) is 18.3 Å². The van der Waals surface area contributed by atoms with Gasteiger partial charge in [-0.05, 0) is 0 Å². The second-order valence-corrected chi connectivity index (χ2v) is 4.48. The van der Waals surface area contributed by atoms with Crippen LogP contribution in [-0.2, 0) is 38.2 Å². The van der Waals surface area contributed by atoms with E-state index in [0.717, 1.165) is 0 Å². The number of hydrogen-bond acceptors (Lipinski definition) is 11. The maximum Gasteiger partial charge on any atom is 1.00 e. The van der Waals surface area contributed by atoms with Crippen molar-refractivity contribution in [1.29, 1.82) is 0 Å². The standard InChI is InChI=1S/C12H14O13.2Na.2H/c13-4(10(19)20)1-7(16)24-8(17)3-6(15)12(23)25-9(18)2-5(14)11(21)22;;;;/h4-6,13-15H,1-3H2,(H,19,20)(H,21,22);;;;/q;2*+1;2*-1. The van der Waals surface area contributed by atoms with Crippen molar-refractivity contribution in [2.24, 2.45) is 0 Å². The Hall–Kier alpha value is -0.900. The number of aliphatic carboxylic acids is 2. The molecule has 13 nitrogen and oxygen atoms in total. The molecule has 0 aromatic heterocycles. The summed E-state index contributed by atoms with van der Waals surface area (Å²) in [6, 6.07) is 0. The van der Waals surface area contributed by atoms with Gasteiger partial charge in [0, 0.05) is 0 Å². The van der Waals surface area contributed by atoms with E-state index in [1.807, 2.05) is 0 Å². The largest absolute Gasteiger partial charge is 1.00 e. The Morgan fingerprint density at radius 1 is 0.630 bits per heavy atom. The summed E-state index contributed by atoms with van der Waals surface area (Å²) in [5.41, 5.74) is 0. The zero-order chi connectivity index (χ0) is 19.7. The summed E-state index contributed by atoms with van der Waals surface area (Å²) in [6.07, 6.45) is -9.82. The normalized spacial score (nSPS) is 12.9. The third-order valence-electron chi connectivity index (χ3n) is 2.36. The van der Waals surface area contributed by atoms with Crippen molar-refractivity contribution in [2.45, 2.75) is 37.6 Å². The molecule has 0 aromatic rings. The maximum atomic E-state index is 11.3. The fourth-order valence-corrected chi connectivity index (χ4v) is 1.16. The molecule has 144 valence electrons. The van der Waals surface area contributed by atoms with Gasteiger partial charge in [-0.1, -0.05) is 0 Å². The topological polar surface area (TPSA) is 222 Å². The van der Waals surface area contributed by atoms with Crippen LogP contribution in [0.1, 0.15) is 22.1 Å². The Kier molecular flexibility index (Phi) is 17.2. The van der Waals surface area contributed by atoms with E-state index in [1.54, 1.807) is 0 Å². The minimum atomic E-state index is -2.25. The summed E-state index contributed by atoms with van der Waals surface area (Å²) >= 11 is 0. The Labute approximate surface area is 198 Å². The minimum Gasteiger partial charge on any atom is -1.00 e. The van der Waals surface area contributed by atoms with Gasteiger partial charge in [0.2, 0.25) is 0 Å². The first kappa shape index (κ1) is 30.8. The summed E-state index contributed by atoms with van der Waals surface area (Å²) in [4.78, 5) is 65.2. The first-order chi connectivity index (χ1) is 11.4. The van der Waals surface area contributed by atoms with Crippen LogP contribution in [0.3, 0.4) is 0 Å². The fraction of sp³-hybridized carbons (Fsp3) is 0.500. The summed E-state index contributed by atoms with van der Waals surface area (Å²) in [5, 5.41) is 43.7. The molecule has 0 saturated carbocycles. The molecule has 0 fully saturated rings. The van der Waals surface area contributed by atoms with Crippen LogP contribution in [0.5, 0.6) is 0 Å². The number of carbonyl (C=O) groups excluding carboxylic acids is 4. The van der Waals surface area contributed by atoms with Crippen molar-refractivity contribution in [3.8, 4) is 0 Å². The van der Waals surface area contributed by atoms with Gasteiger partial charge >= 0.3 is 94.9 Å². The molecule has 0 saturated heterocycles. The van der Waals surface area contributed by atoms with Crippen molar-refractivity contribution in [2.75, 3.05) is 0 Å². The van der Waals surface area contributed by atoms with Crippen LogP contribution in [0.25, 0.3) is 0 Å². The van der Waals surface area contributed by atoms with E-state index in [2.05, 4.69) is 9.47 Å². The van der Waals surface area contributed by atoms with Crippen molar-refractivity contribution in [3.05, 3.63) is 0 Å². The Morgan fingerprint density at radius 2 is 0.926 bits per heavy atom. The fourth-order valence-electron chi connectivity index (χ4n) is 1.16. The third-order valence-corrected chi connectivity index (χ3v) is 2.36. The molecule has 3 atom stereocenters. The van der Waals surface area contributed by atoms with Crippen LogP contribution in [0.4, 0.5) is 0 Å². The minimum absolute atomic E-state index is 0. The molecule has 0 aliphatic heterocycles. The number of aliphatic hydroxyl groups excluding tert-OH is 3. The smallest absolute Gasteiger partial charge is 1.00 e. The van der Waals surface area contributed by atoms with E-state index >= 15 is 0 Å². The van der Waals surface area contributed by atoms with E-state index in [4.69, 9.17) is 20.4 Å². The van der Waals surface area contributed by atoms with E-state index in [0.29, 0.717) is 0 Å². The SMILES string of the molecule is O=C(CC(O)C(=O)O)OC(=O)CC(O)C(=O)OC(=O)CC(O)C(=O)O.[H-].[H-].[Na+].[Na+]. The zero-order valence-corrected chi connectivity index (χ0v) is 18.4. The molecule has 27 heavy (non-hydrogen) atoms. The Bertz CT molecular complexity index is 586. The van der Waals surface area contributed by atoms with E-state index in [9.17, 15) is 33.9 Å². The van der Waals surface area contributed by atoms with Gasteiger partial charge < -0.3 is 37.9 Å². The van der Waals surface area contributed by atoms with Gasteiger partial charge in [-0.15, -0.1) is 0 Å². The predicted molar refractivity (Wildman–Crippen MR) is 71.6 cm³/mol. The molecule has 0 spiro atoms. The summed E-state index contributed by atoms with van der Waals surface area (Å²) in [5.74, 6) is -9.58. The van der Waals surface area contributed by atoms with Gasteiger partial charge in [0.05, 0.1) is 19.3 Å². The quantitative estimate of drug-likeness (QED) is 0.134. The molecule has 0 heterocycles.